The van der Waals surface area contributed by atoms with E-state index in [1.807, 2.05) is 31.2 Å². The van der Waals surface area contributed by atoms with Crippen molar-refractivity contribution in [3.63, 3.8) is 0 Å². The molecule has 0 aliphatic heterocycles. The van der Waals surface area contributed by atoms with Gasteiger partial charge in [-0.15, -0.1) is 5.10 Å². The van der Waals surface area contributed by atoms with Crippen LogP contribution in [-0.2, 0) is 0 Å². The molecule has 3 N–H and O–H groups in total. The Bertz CT molecular complexity index is 1280. The van der Waals surface area contributed by atoms with Crippen molar-refractivity contribution in [1.29, 1.82) is 0 Å². The fraction of sp³-hybridized carbons (Fsp3) is 0.143. The molecule has 168 valence electrons. The molecule has 0 aliphatic carbocycles. The Morgan fingerprint density at radius 3 is 2.73 bits per heavy atom. The number of methoxy groups -OCH3 is 1. The number of carbonyl (C=O) groups is 1. The highest BCUT2D eigenvalue weighted by Crippen LogP contribution is 2.28. The van der Waals surface area contributed by atoms with Gasteiger partial charge in [0, 0.05) is 5.56 Å². The number of nitrogens with zero attached hydrogens (tertiary/aromatic N) is 6. The van der Waals surface area contributed by atoms with Crippen molar-refractivity contribution < 1.29 is 18.9 Å². The van der Waals surface area contributed by atoms with E-state index < -0.39 is 5.91 Å². The summed E-state index contributed by atoms with van der Waals surface area (Å²) >= 11 is 0. The monoisotopic (exact) mass is 448 g/mol. The molecule has 0 atom stereocenters. The molecule has 2 aromatic heterocycles. The smallest absolute Gasteiger partial charge is 0.294 e. The highest BCUT2D eigenvalue weighted by atomic mass is 16.6. The van der Waals surface area contributed by atoms with Crippen LogP contribution in [0, 0.1) is 0 Å². The van der Waals surface area contributed by atoms with E-state index in [4.69, 9.17) is 15.2 Å². The number of nitrogen functional groups attached to an aromatic ring is 1. The lowest BCUT2D eigenvalue weighted by atomic mass is 10.1. The third kappa shape index (κ3) is 4.63. The molecule has 12 nitrogen and oxygen atoms in total. The molecule has 4 rings (SSSR count). The number of anilines is 1. The average molecular weight is 448 g/mol. The fourth-order valence-electron chi connectivity index (χ4n) is 2.99. The van der Waals surface area contributed by atoms with Gasteiger partial charge in [-0.05, 0) is 59.2 Å². The van der Waals surface area contributed by atoms with Crippen LogP contribution in [0.25, 0.3) is 17.1 Å². The first-order chi connectivity index (χ1) is 16.1. The topological polar surface area (TPSA) is 156 Å². The summed E-state index contributed by atoms with van der Waals surface area (Å²) in [5, 5.41) is 19.4. The van der Waals surface area contributed by atoms with Gasteiger partial charge in [0.05, 0.1) is 19.9 Å². The molecule has 0 aliphatic rings. The molecule has 0 bridgehead atoms. The van der Waals surface area contributed by atoms with Crippen molar-refractivity contribution in [2.24, 2.45) is 5.10 Å². The molecule has 2 aromatic carbocycles. The Morgan fingerprint density at radius 1 is 1.21 bits per heavy atom. The van der Waals surface area contributed by atoms with Crippen LogP contribution in [0.2, 0.25) is 0 Å². The lowest BCUT2D eigenvalue weighted by Gasteiger charge is -2.07. The molecule has 0 fully saturated rings. The van der Waals surface area contributed by atoms with E-state index in [1.54, 1.807) is 24.3 Å². The minimum Gasteiger partial charge on any atom is -0.497 e. The summed E-state index contributed by atoms with van der Waals surface area (Å²) in [5.41, 5.74) is 9.95. The van der Waals surface area contributed by atoms with Gasteiger partial charge in [-0.25, -0.2) is 10.1 Å². The van der Waals surface area contributed by atoms with Crippen LogP contribution in [0.4, 0.5) is 5.82 Å². The van der Waals surface area contributed by atoms with Gasteiger partial charge < -0.3 is 15.2 Å². The Morgan fingerprint density at radius 2 is 2.03 bits per heavy atom. The summed E-state index contributed by atoms with van der Waals surface area (Å²) in [4.78, 5) is 12.9. The highest BCUT2D eigenvalue weighted by molar-refractivity contribution is 5.99. The molecule has 33 heavy (non-hydrogen) atoms. The molecule has 0 radical (unpaired) electrons. The largest absolute Gasteiger partial charge is 0.497 e. The number of benzene rings is 2. The van der Waals surface area contributed by atoms with Gasteiger partial charge in [-0.3, -0.25) is 4.79 Å². The first-order valence-electron chi connectivity index (χ1n) is 9.85. The van der Waals surface area contributed by atoms with Crippen LogP contribution in [0.1, 0.15) is 23.0 Å². The zero-order valence-corrected chi connectivity index (χ0v) is 17.8. The third-order valence-electron chi connectivity index (χ3n) is 4.50. The molecule has 12 heteroatoms. The van der Waals surface area contributed by atoms with Gasteiger partial charge in [-0.2, -0.15) is 9.78 Å². The van der Waals surface area contributed by atoms with E-state index in [9.17, 15) is 4.79 Å². The second-order valence-electron chi connectivity index (χ2n) is 6.60. The van der Waals surface area contributed by atoms with Gasteiger partial charge in [-0.1, -0.05) is 17.3 Å². The van der Waals surface area contributed by atoms with Crippen LogP contribution in [-0.4, -0.2) is 51.1 Å². The zero-order chi connectivity index (χ0) is 23.2. The Hall–Kier alpha value is -4.74. The van der Waals surface area contributed by atoms with E-state index >= 15 is 0 Å². The summed E-state index contributed by atoms with van der Waals surface area (Å²) in [6.45, 7) is 2.49. The highest BCUT2D eigenvalue weighted by Gasteiger charge is 2.25. The molecule has 0 saturated carbocycles. The summed E-state index contributed by atoms with van der Waals surface area (Å²) in [6.07, 6.45) is 1.50. The van der Waals surface area contributed by atoms with E-state index in [-0.39, 0.29) is 17.3 Å². The van der Waals surface area contributed by atoms with Crippen molar-refractivity contribution in [1.82, 2.24) is 30.7 Å². The maximum absolute atomic E-state index is 12.9. The van der Waals surface area contributed by atoms with Crippen molar-refractivity contribution >= 4 is 17.9 Å². The van der Waals surface area contributed by atoms with E-state index in [0.29, 0.717) is 23.6 Å². The molecule has 0 unspecified atom stereocenters. The minimum atomic E-state index is -0.587. The van der Waals surface area contributed by atoms with Crippen molar-refractivity contribution in [3.05, 3.63) is 59.8 Å². The second kappa shape index (κ2) is 9.60. The number of carbonyl (C=O) groups excluding carboxylic acids is 1. The predicted molar refractivity (Wildman–Crippen MR) is 118 cm³/mol. The van der Waals surface area contributed by atoms with Gasteiger partial charge >= 0.3 is 0 Å². The fourth-order valence-corrected chi connectivity index (χ4v) is 2.99. The average Bonchev–Trinajstić information content (AvgIpc) is 3.46. The number of ether oxygens (including phenoxy) is 2. The third-order valence-corrected chi connectivity index (χ3v) is 4.50. The normalized spacial score (nSPS) is 11.0. The molecule has 0 spiro atoms. The van der Waals surface area contributed by atoms with Crippen LogP contribution in [0.15, 0.2) is 58.3 Å². The minimum absolute atomic E-state index is 0.00510. The predicted octanol–water partition coefficient (Wildman–Crippen LogP) is 2.07. The number of hydrogen-bond acceptors (Lipinski definition) is 10. The van der Waals surface area contributed by atoms with Crippen LogP contribution < -0.4 is 20.6 Å². The van der Waals surface area contributed by atoms with Crippen molar-refractivity contribution in [2.45, 2.75) is 6.92 Å². The molecule has 1 amide bonds. The number of hydrazone groups is 1. The number of rotatable bonds is 8. The number of aromatic nitrogens is 5. The van der Waals surface area contributed by atoms with Gasteiger partial charge in [0.2, 0.25) is 11.6 Å². The first-order valence-corrected chi connectivity index (χ1v) is 9.85. The summed E-state index contributed by atoms with van der Waals surface area (Å²) in [6, 6.07) is 14.3. The molecular weight excluding hydrogens is 428 g/mol. The summed E-state index contributed by atoms with van der Waals surface area (Å²) < 4.78 is 16.6. The Balaban J connectivity index is 1.63. The van der Waals surface area contributed by atoms with E-state index in [0.717, 1.165) is 11.3 Å². The van der Waals surface area contributed by atoms with Crippen LogP contribution >= 0.6 is 0 Å². The van der Waals surface area contributed by atoms with Gasteiger partial charge in [0.25, 0.3) is 5.91 Å². The van der Waals surface area contributed by atoms with Crippen molar-refractivity contribution in [3.8, 4) is 28.6 Å². The number of nitrogens with two attached hydrogens (primary N) is 1. The quantitative estimate of drug-likeness (QED) is 0.304. The second-order valence-corrected chi connectivity index (χ2v) is 6.60. The zero-order valence-electron chi connectivity index (χ0n) is 17.8. The van der Waals surface area contributed by atoms with Gasteiger partial charge in [0.1, 0.15) is 17.2 Å². The van der Waals surface area contributed by atoms with Crippen LogP contribution in [0.3, 0.4) is 0 Å². The van der Waals surface area contributed by atoms with Gasteiger partial charge in [0.15, 0.2) is 5.69 Å². The summed E-state index contributed by atoms with van der Waals surface area (Å²) in [7, 11) is 1.54. The molecule has 4 aromatic rings. The molecule has 0 saturated heterocycles. The number of hydrogen-bond donors (Lipinski definition) is 2. The maximum Gasteiger partial charge on any atom is 0.294 e. The number of amides is 1. The van der Waals surface area contributed by atoms with Crippen molar-refractivity contribution in [2.75, 3.05) is 19.5 Å². The Labute approximate surface area is 188 Å². The number of nitrogens with one attached hydrogen (secondary N) is 1. The first kappa shape index (κ1) is 21.5. The maximum atomic E-state index is 12.9. The molecular formula is C21H20N8O4. The lowest BCUT2D eigenvalue weighted by Crippen LogP contribution is -2.19. The SMILES string of the molecule is CCOc1ccc(/C=N\NC(=O)c2nnn(-c3nonc3N)c2-c2cccc(OC)c2)cc1. The van der Waals surface area contributed by atoms with E-state index in [2.05, 4.69) is 35.8 Å². The standard InChI is InChI=1S/C21H20N8O4/c1-3-32-15-9-7-13(8-10-15)12-23-25-21(30)17-18(14-5-4-6-16(11-14)31-2)29(28-24-17)20-19(22)26-33-27-20/h4-12H,3H2,1-2H3,(H2,22,26)(H,25,30)/b23-12-. The lowest BCUT2D eigenvalue weighted by molar-refractivity contribution is 0.0950. The van der Waals surface area contributed by atoms with Crippen LogP contribution in [0.5, 0.6) is 11.5 Å². The molecule has 2 heterocycles. The Kier molecular flexibility index (Phi) is 6.25. The summed E-state index contributed by atoms with van der Waals surface area (Å²) in [5.74, 6) is 0.823. The van der Waals surface area contributed by atoms with E-state index in [1.165, 1.54) is 18.0 Å².